The molecule has 0 unspecified atom stereocenters. The van der Waals surface area contributed by atoms with Crippen molar-refractivity contribution >= 4 is 27.2 Å². The molecule has 228 valence electrons. The van der Waals surface area contributed by atoms with Crippen molar-refractivity contribution in [3.8, 4) is 5.75 Å². The van der Waals surface area contributed by atoms with E-state index in [0.29, 0.717) is 29.8 Å². The van der Waals surface area contributed by atoms with Crippen LogP contribution in [-0.2, 0) is 31.2 Å². The maximum absolute atomic E-state index is 15.6. The Hall–Kier alpha value is -3.28. The van der Waals surface area contributed by atoms with Gasteiger partial charge in [0.15, 0.2) is 5.78 Å². The van der Waals surface area contributed by atoms with E-state index in [4.69, 9.17) is 9.73 Å². The van der Waals surface area contributed by atoms with Gasteiger partial charge < -0.3 is 9.47 Å². The SMILES string of the molecule is Cc1cc(OC(F)F)cnc1C(=O)Cc1ccc(F)c([C@@]2(C)N=C(CC(=O)OC(C)(C)C)C(C)(C)[S@@]3(=O)=NCC[C@@H]23)c1. The third-order valence-corrected chi connectivity index (χ3v) is 11.4. The van der Waals surface area contributed by atoms with Crippen LogP contribution in [0.5, 0.6) is 5.75 Å². The molecule has 4 rings (SSSR count). The number of benzene rings is 1. The van der Waals surface area contributed by atoms with Crippen LogP contribution in [0, 0.1) is 12.7 Å². The normalized spacial score (nSPS) is 24.9. The fourth-order valence-corrected chi connectivity index (χ4v) is 8.94. The minimum atomic E-state index is -3.02. The number of halogens is 3. The summed E-state index contributed by atoms with van der Waals surface area (Å²) in [6.45, 7) is 9.28. The Bertz CT molecular complexity index is 1570. The summed E-state index contributed by atoms with van der Waals surface area (Å²) in [7, 11) is -3.00. The monoisotopic (exact) mass is 607 g/mol. The zero-order chi connectivity index (χ0) is 31.3. The number of aliphatic imine (C=N–C) groups is 1. The molecule has 1 aromatic heterocycles. The summed E-state index contributed by atoms with van der Waals surface area (Å²) in [4.78, 5) is 34.9. The number of nitrogens with zero attached hydrogens (tertiary/aromatic N) is 3. The Morgan fingerprint density at radius 1 is 1.14 bits per heavy atom. The maximum Gasteiger partial charge on any atom is 0.387 e. The van der Waals surface area contributed by atoms with Gasteiger partial charge in [0.2, 0.25) is 0 Å². The molecule has 3 atom stereocenters. The Balaban J connectivity index is 1.73. The van der Waals surface area contributed by atoms with Crippen molar-refractivity contribution in [1.29, 1.82) is 0 Å². The van der Waals surface area contributed by atoms with Crippen molar-refractivity contribution in [2.75, 3.05) is 6.54 Å². The predicted molar refractivity (Wildman–Crippen MR) is 153 cm³/mol. The van der Waals surface area contributed by atoms with Gasteiger partial charge in [0.05, 0.1) is 32.3 Å². The molecule has 2 aliphatic heterocycles. The Morgan fingerprint density at radius 3 is 2.45 bits per heavy atom. The summed E-state index contributed by atoms with van der Waals surface area (Å²) < 4.78 is 68.6. The molecule has 8 nitrogen and oxygen atoms in total. The van der Waals surface area contributed by atoms with Crippen LogP contribution >= 0.6 is 0 Å². The third kappa shape index (κ3) is 5.95. The number of aryl methyl sites for hydroxylation is 1. The van der Waals surface area contributed by atoms with E-state index in [1.165, 1.54) is 24.3 Å². The quantitative estimate of drug-likeness (QED) is 0.270. The van der Waals surface area contributed by atoms with E-state index < -0.39 is 55.0 Å². The van der Waals surface area contributed by atoms with Crippen LogP contribution in [0.3, 0.4) is 0 Å². The first-order valence-corrected chi connectivity index (χ1v) is 15.2. The highest BCUT2D eigenvalue weighted by atomic mass is 32.2. The lowest BCUT2D eigenvalue weighted by Gasteiger charge is -2.46. The number of hydrogen-bond donors (Lipinski definition) is 0. The molecule has 0 saturated heterocycles. The van der Waals surface area contributed by atoms with Gasteiger partial charge in [0, 0.05) is 24.2 Å². The van der Waals surface area contributed by atoms with Crippen LogP contribution < -0.4 is 4.74 Å². The molecule has 1 aromatic carbocycles. The average Bonchev–Trinajstić information content (AvgIpc) is 3.27. The molecule has 0 aliphatic carbocycles. The average molecular weight is 608 g/mol. The van der Waals surface area contributed by atoms with Gasteiger partial charge in [-0.25, -0.2) is 17.9 Å². The molecule has 0 bridgehead atoms. The van der Waals surface area contributed by atoms with Crippen LogP contribution in [0.4, 0.5) is 13.2 Å². The topological polar surface area (TPSA) is 107 Å². The molecule has 2 aliphatic rings. The van der Waals surface area contributed by atoms with Crippen LogP contribution in [0.15, 0.2) is 39.8 Å². The fourth-order valence-electron chi connectivity index (χ4n) is 5.67. The standard InChI is InChI=1S/C30H36F3N3O5S/c1-17-12-19(40-27(32)33)16-34-26(17)22(37)14-18-8-9-21(31)20(13-18)30(7)24-10-11-35-42(24,39)29(5,6)23(36-30)15-25(38)41-28(2,3)4/h8-9,12-13,16,24,27H,10-11,14-15H2,1-7H3/t24-,30+,42+/m0/s1. The number of carbonyl (C=O) groups is 2. The molecule has 0 spiro atoms. The molecule has 0 saturated carbocycles. The van der Waals surface area contributed by atoms with E-state index in [1.807, 2.05) is 0 Å². The predicted octanol–water partition coefficient (Wildman–Crippen LogP) is 5.98. The van der Waals surface area contributed by atoms with E-state index in [9.17, 15) is 22.6 Å². The second-order valence-electron chi connectivity index (χ2n) is 12.3. The Morgan fingerprint density at radius 2 is 1.83 bits per heavy atom. The molecular weight excluding hydrogens is 571 g/mol. The minimum Gasteiger partial charge on any atom is -0.460 e. The van der Waals surface area contributed by atoms with Crippen LogP contribution in [0.25, 0.3) is 0 Å². The summed E-state index contributed by atoms with van der Waals surface area (Å²) in [5.41, 5.74) is -0.729. The highest BCUT2D eigenvalue weighted by Crippen LogP contribution is 2.49. The van der Waals surface area contributed by atoms with E-state index in [1.54, 1.807) is 48.5 Å². The highest BCUT2D eigenvalue weighted by molar-refractivity contribution is 7.96. The summed E-state index contributed by atoms with van der Waals surface area (Å²) >= 11 is 0. The van der Waals surface area contributed by atoms with Crippen molar-refractivity contribution in [2.24, 2.45) is 9.36 Å². The van der Waals surface area contributed by atoms with Crippen LogP contribution in [0.1, 0.15) is 81.6 Å². The van der Waals surface area contributed by atoms with Crippen molar-refractivity contribution in [1.82, 2.24) is 4.98 Å². The van der Waals surface area contributed by atoms with Gasteiger partial charge in [0.25, 0.3) is 0 Å². The van der Waals surface area contributed by atoms with E-state index >= 15 is 4.39 Å². The molecule has 42 heavy (non-hydrogen) atoms. The van der Waals surface area contributed by atoms with Gasteiger partial charge in [-0.3, -0.25) is 14.6 Å². The van der Waals surface area contributed by atoms with E-state index in [2.05, 4.69) is 14.1 Å². The third-order valence-electron chi connectivity index (χ3n) is 7.70. The zero-order valence-corrected chi connectivity index (χ0v) is 25.6. The molecule has 0 amide bonds. The van der Waals surface area contributed by atoms with Gasteiger partial charge in [-0.05, 0) is 84.2 Å². The number of Topliss-reactive ketones (excluding diaryl/α,β-unsaturated/α-hetero) is 1. The number of aromatic nitrogens is 1. The number of carbonyl (C=O) groups excluding carboxylic acids is 2. The van der Waals surface area contributed by atoms with Crippen molar-refractivity contribution in [3.05, 3.63) is 58.7 Å². The number of pyridine rings is 1. The molecule has 2 aromatic rings. The number of hydrogen-bond acceptors (Lipinski definition) is 8. The number of alkyl halides is 2. The lowest BCUT2D eigenvalue weighted by atomic mass is 9.84. The van der Waals surface area contributed by atoms with E-state index in [-0.39, 0.29) is 29.8 Å². The smallest absolute Gasteiger partial charge is 0.387 e. The molecular formula is C30H36F3N3O5S. The summed E-state index contributed by atoms with van der Waals surface area (Å²) in [6.07, 6.45) is 1.08. The molecule has 3 heterocycles. The first kappa shape index (κ1) is 31.7. The second-order valence-corrected chi connectivity index (χ2v) is 15.3. The van der Waals surface area contributed by atoms with Crippen molar-refractivity contribution in [2.45, 2.75) is 95.5 Å². The number of esters is 1. The maximum atomic E-state index is 15.6. The Labute approximate surface area is 244 Å². The van der Waals surface area contributed by atoms with Gasteiger partial charge in [-0.15, -0.1) is 0 Å². The zero-order valence-electron chi connectivity index (χ0n) is 24.8. The highest BCUT2D eigenvalue weighted by Gasteiger charge is 2.57. The number of fused-ring (bicyclic) bond motifs is 1. The second kappa shape index (κ2) is 11.1. The summed E-state index contributed by atoms with van der Waals surface area (Å²) in [5.74, 6) is -1.70. The number of ether oxygens (including phenoxy) is 2. The lowest BCUT2D eigenvalue weighted by molar-refractivity contribution is -0.153. The molecule has 0 fully saturated rings. The first-order chi connectivity index (χ1) is 19.4. The lowest BCUT2D eigenvalue weighted by Crippen LogP contribution is -2.56. The minimum absolute atomic E-state index is 0.0726. The number of rotatable bonds is 8. The van der Waals surface area contributed by atoms with Crippen LogP contribution in [0.2, 0.25) is 0 Å². The Kier molecular flexibility index (Phi) is 8.36. The van der Waals surface area contributed by atoms with Crippen molar-refractivity contribution < 1.29 is 36.4 Å². The molecule has 0 N–H and O–H groups in total. The molecule has 12 heteroatoms. The van der Waals surface area contributed by atoms with Gasteiger partial charge in [0.1, 0.15) is 28.4 Å². The summed E-state index contributed by atoms with van der Waals surface area (Å²) in [6, 6.07) is 5.54. The van der Waals surface area contributed by atoms with Gasteiger partial charge >= 0.3 is 12.6 Å². The van der Waals surface area contributed by atoms with Gasteiger partial charge in [-0.1, -0.05) is 6.07 Å². The first-order valence-electron chi connectivity index (χ1n) is 13.6. The van der Waals surface area contributed by atoms with Crippen LogP contribution in [-0.4, -0.2) is 55.4 Å². The van der Waals surface area contributed by atoms with E-state index in [0.717, 1.165) is 6.20 Å². The molecule has 0 radical (unpaired) electrons. The largest absolute Gasteiger partial charge is 0.460 e. The summed E-state index contributed by atoms with van der Waals surface area (Å²) in [5, 5.41) is -0.630. The fraction of sp³-hybridized carbons (Fsp3) is 0.533. The van der Waals surface area contributed by atoms with Gasteiger partial charge in [-0.2, -0.15) is 8.78 Å². The van der Waals surface area contributed by atoms with Crippen molar-refractivity contribution in [3.63, 3.8) is 0 Å². The number of ketones is 1.